The molecule has 1 unspecified atom stereocenters. The van der Waals surface area contributed by atoms with Crippen LogP contribution in [0.4, 0.5) is 17.1 Å². The molecule has 3 N–H and O–H groups in total. The molecule has 32 heavy (non-hydrogen) atoms. The van der Waals surface area contributed by atoms with Crippen molar-refractivity contribution >= 4 is 34.8 Å². The molecule has 170 valence electrons. The SMILES string of the molecule is CC(=O)Nc1cccc(NC(=O)C(=O)NCC(c2ccc(N(C)C)cc2)N2CCCC2)c1. The van der Waals surface area contributed by atoms with E-state index in [-0.39, 0.29) is 11.9 Å². The van der Waals surface area contributed by atoms with Crippen LogP contribution in [0.25, 0.3) is 0 Å². The molecule has 8 heteroatoms. The van der Waals surface area contributed by atoms with Gasteiger partial charge in [-0.05, 0) is 61.8 Å². The van der Waals surface area contributed by atoms with Gasteiger partial charge < -0.3 is 20.9 Å². The van der Waals surface area contributed by atoms with Crippen molar-refractivity contribution in [3.63, 3.8) is 0 Å². The second kappa shape index (κ2) is 10.8. The Balaban J connectivity index is 1.63. The van der Waals surface area contributed by atoms with E-state index in [0.29, 0.717) is 17.9 Å². The van der Waals surface area contributed by atoms with Crippen LogP contribution < -0.4 is 20.9 Å². The van der Waals surface area contributed by atoms with Gasteiger partial charge in [0.05, 0.1) is 6.04 Å². The molecule has 2 aromatic carbocycles. The molecule has 0 radical (unpaired) electrons. The highest BCUT2D eigenvalue weighted by molar-refractivity contribution is 6.39. The van der Waals surface area contributed by atoms with Crippen LogP contribution in [-0.2, 0) is 14.4 Å². The molecule has 1 aliphatic heterocycles. The van der Waals surface area contributed by atoms with Gasteiger partial charge >= 0.3 is 11.8 Å². The van der Waals surface area contributed by atoms with Crippen molar-refractivity contribution in [3.8, 4) is 0 Å². The number of likely N-dealkylation sites (tertiary alicyclic amines) is 1. The zero-order chi connectivity index (χ0) is 23.1. The Labute approximate surface area is 189 Å². The molecule has 2 aromatic rings. The lowest BCUT2D eigenvalue weighted by molar-refractivity contribution is -0.136. The average molecular weight is 438 g/mol. The Morgan fingerprint density at radius 2 is 1.56 bits per heavy atom. The third-order valence-corrected chi connectivity index (χ3v) is 5.48. The Bertz CT molecular complexity index is 952. The Hall–Kier alpha value is -3.39. The van der Waals surface area contributed by atoms with Gasteiger partial charge in [0.25, 0.3) is 0 Å². The summed E-state index contributed by atoms with van der Waals surface area (Å²) >= 11 is 0. The molecular formula is C24H31N5O3. The molecule has 1 heterocycles. The van der Waals surface area contributed by atoms with Gasteiger partial charge in [-0.25, -0.2) is 0 Å². The lowest BCUT2D eigenvalue weighted by atomic mass is 10.0. The standard InChI is InChI=1S/C24H31N5O3/c1-17(30)26-19-7-6-8-20(15-19)27-24(32)23(31)25-16-22(29-13-4-5-14-29)18-9-11-21(12-10-18)28(2)3/h6-12,15,22H,4-5,13-14,16H2,1-3H3,(H,25,31)(H,26,30)(H,27,32). The monoisotopic (exact) mass is 437 g/mol. The fraction of sp³-hybridized carbons (Fsp3) is 0.375. The number of hydrogen-bond donors (Lipinski definition) is 3. The molecule has 1 fully saturated rings. The van der Waals surface area contributed by atoms with Gasteiger partial charge in [-0.2, -0.15) is 0 Å². The minimum atomic E-state index is -0.742. The molecule has 3 rings (SSSR count). The molecular weight excluding hydrogens is 406 g/mol. The first-order chi connectivity index (χ1) is 15.3. The number of benzene rings is 2. The summed E-state index contributed by atoms with van der Waals surface area (Å²) in [6.07, 6.45) is 2.26. The summed E-state index contributed by atoms with van der Waals surface area (Å²) in [7, 11) is 4.00. The molecule has 0 spiro atoms. The molecule has 3 amide bonds. The maximum Gasteiger partial charge on any atom is 0.313 e. The minimum absolute atomic E-state index is 0.00792. The van der Waals surface area contributed by atoms with Crippen LogP contribution >= 0.6 is 0 Å². The van der Waals surface area contributed by atoms with E-state index in [1.807, 2.05) is 19.0 Å². The molecule has 0 aromatic heterocycles. The van der Waals surface area contributed by atoms with Crippen molar-refractivity contribution < 1.29 is 14.4 Å². The van der Waals surface area contributed by atoms with E-state index in [0.717, 1.165) is 37.2 Å². The maximum atomic E-state index is 12.5. The first-order valence-electron chi connectivity index (χ1n) is 10.8. The van der Waals surface area contributed by atoms with Crippen LogP contribution in [0.15, 0.2) is 48.5 Å². The molecule has 1 saturated heterocycles. The largest absolute Gasteiger partial charge is 0.378 e. The highest BCUT2D eigenvalue weighted by Gasteiger charge is 2.25. The van der Waals surface area contributed by atoms with E-state index in [2.05, 4.69) is 45.1 Å². The van der Waals surface area contributed by atoms with E-state index >= 15 is 0 Å². The zero-order valence-electron chi connectivity index (χ0n) is 18.9. The fourth-order valence-electron chi connectivity index (χ4n) is 3.84. The van der Waals surface area contributed by atoms with Gasteiger partial charge in [0, 0.05) is 44.6 Å². The quantitative estimate of drug-likeness (QED) is 0.579. The van der Waals surface area contributed by atoms with Gasteiger partial charge in [-0.15, -0.1) is 0 Å². The molecule has 8 nitrogen and oxygen atoms in total. The van der Waals surface area contributed by atoms with E-state index in [1.54, 1.807) is 24.3 Å². The molecule has 0 aliphatic carbocycles. The normalized spacial score (nSPS) is 14.5. The van der Waals surface area contributed by atoms with E-state index < -0.39 is 11.8 Å². The average Bonchev–Trinajstić information content (AvgIpc) is 3.28. The second-order valence-electron chi connectivity index (χ2n) is 8.17. The number of rotatable bonds is 7. The Kier molecular flexibility index (Phi) is 7.83. The van der Waals surface area contributed by atoms with Crippen LogP contribution in [0.2, 0.25) is 0 Å². The van der Waals surface area contributed by atoms with Gasteiger partial charge in [0.2, 0.25) is 5.91 Å². The number of hydrogen-bond acceptors (Lipinski definition) is 5. The number of amides is 3. The van der Waals surface area contributed by atoms with Gasteiger partial charge in [-0.1, -0.05) is 18.2 Å². The van der Waals surface area contributed by atoms with Crippen molar-refractivity contribution in [3.05, 3.63) is 54.1 Å². The van der Waals surface area contributed by atoms with Crippen molar-refractivity contribution in [2.45, 2.75) is 25.8 Å². The summed E-state index contributed by atoms with van der Waals surface area (Å²) < 4.78 is 0. The van der Waals surface area contributed by atoms with Crippen molar-refractivity contribution in [2.24, 2.45) is 0 Å². The van der Waals surface area contributed by atoms with Crippen molar-refractivity contribution in [1.29, 1.82) is 0 Å². The lowest BCUT2D eigenvalue weighted by Gasteiger charge is -2.28. The second-order valence-corrected chi connectivity index (χ2v) is 8.17. The van der Waals surface area contributed by atoms with Gasteiger partial charge in [-0.3, -0.25) is 19.3 Å². The third-order valence-electron chi connectivity index (χ3n) is 5.48. The smallest absolute Gasteiger partial charge is 0.313 e. The van der Waals surface area contributed by atoms with Crippen LogP contribution in [0.1, 0.15) is 31.4 Å². The highest BCUT2D eigenvalue weighted by Crippen LogP contribution is 2.26. The third kappa shape index (κ3) is 6.31. The summed E-state index contributed by atoms with van der Waals surface area (Å²) in [5.41, 5.74) is 3.21. The van der Waals surface area contributed by atoms with Crippen LogP contribution in [-0.4, -0.2) is 56.4 Å². The number of carbonyl (C=O) groups is 3. The molecule has 0 bridgehead atoms. The number of carbonyl (C=O) groups excluding carboxylic acids is 3. The summed E-state index contributed by atoms with van der Waals surface area (Å²) in [5, 5.41) is 8.03. The zero-order valence-corrected chi connectivity index (χ0v) is 18.9. The number of anilines is 3. The van der Waals surface area contributed by atoms with Crippen LogP contribution in [0.5, 0.6) is 0 Å². The summed E-state index contributed by atoms with van der Waals surface area (Å²) in [4.78, 5) is 40.5. The predicted molar refractivity (Wildman–Crippen MR) is 127 cm³/mol. The van der Waals surface area contributed by atoms with Gasteiger partial charge in [0.15, 0.2) is 0 Å². The van der Waals surface area contributed by atoms with E-state index in [9.17, 15) is 14.4 Å². The summed E-state index contributed by atoms with van der Waals surface area (Å²) in [6.45, 7) is 3.69. The first-order valence-corrected chi connectivity index (χ1v) is 10.8. The highest BCUT2D eigenvalue weighted by atomic mass is 16.2. The Morgan fingerprint density at radius 3 is 2.16 bits per heavy atom. The van der Waals surface area contributed by atoms with Crippen molar-refractivity contribution in [1.82, 2.24) is 10.2 Å². The lowest BCUT2D eigenvalue weighted by Crippen LogP contribution is -2.41. The number of nitrogens with zero attached hydrogens (tertiary/aromatic N) is 2. The van der Waals surface area contributed by atoms with E-state index in [4.69, 9.17) is 0 Å². The topological polar surface area (TPSA) is 93.8 Å². The number of nitrogens with one attached hydrogen (secondary N) is 3. The maximum absolute atomic E-state index is 12.5. The van der Waals surface area contributed by atoms with Crippen molar-refractivity contribution in [2.75, 3.05) is 49.3 Å². The fourth-order valence-corrected chi connectivity index (χ4v) is 3.84. The predicted octanol–water partition coefficient (Wildman–Crippen LogP) is 2.60. The van der Waals surface area contributed by atoms with Crippen LogP contribution in [0, 0.1) is 0 Å². The molecule has 1 atom stereocenters. The van der Waals surface area contributed by atoms with Crippen LogP contribution in [0.3, 0.4) is 0 Å². The minimum Gasteiger partial charge on any atom is -0.378 e. The summed E-state index contributed by atoms with van der Waals surface area (Å²) in [5.74, 6) is -1.64. The molecule has 1 aliphatic rings. The summed E-state index contributed by atoms with van der Waals surface area (Å²) in [6, 6.07) is 15.0. The molecule has 0 saturated carbocycles. The first kappa shape index (κ1) is 23.3. The van der Waals surface area contributed by atoms with E-state index in [1.165, 1.54) is 6.92 Å². The van der Waals surface area contributed by atoms with Gasteiger partial charge in [0.1, 0.15) is 0 Å². The Morgan fingerprint density at radius 1 is 0.938 bits per heavy atom.